The first-order valence-corrected chi connectivity index (χ1v) is 5.42. The maximum absolute atomic E-state index is 10.8. The highest BCUT2D eigenvalue weighted by molar-refractivity contribution is 7.08. The molecule has 16 heavy (non-hydrogen) atoms. The van der Waals surface area contributed by atoms with Crippen LogP contribution in [0.5, 0.6) is 0 Å². The van der Waals surface area contributed by atoms with E-state index in [1.54, 1.807) is 0 Å². The molecule has 2 heterocycles. The van der Waals surface area contributed by atoms with E-state index in [1.165, 1.54) is 22.2 Å². The number of thiophene rings is 1. The van der Waals surface area contributed by atoms with Gasteiger partial charge in [-0.25, -0.2) is 0 Å². The van der Waals surface area contributed by atoms with Gasteiger partial charge in [-0.15, -0.1) is 0 Å². The van der Waals surface area contributed by atoms with Gasteiger partial charge in [-0.05, 0) is 11.4 Å². The Balaban J connectivity index is 2.41. The molecule has 0 fully saturated rings. The summed E-state index contributed by atoms with van der Waals surface area (Å²) >= 11 is 1.50. The Hall–Kier alpha value is -1.95. The molecule has 6 heteroatoms. The first-order chi connectivity index (χ1) is 7.70. The van der Waals surface area contributed by atoms with Gasteiger partial charge in [0.05, 0.1) is 5.56 Å². The van der Waals surface area contributed by atoms with Crippen molar-refractivity contribution in [3.8, 4) is 11.3 Å². The number of carboxylic acid groups (broad SMARTS) is 1. The molecule has 0 spiro atoms. The largest absolute Gasteiger partial charge is 0.480 e. The SMILES string of the molecule is O=Cc1cn(CC(=O)O)nc1-c1ccsc1. The van der Waals surface area contributed by atoms with Crippen molar-refractivity contribution in [3.05, 3.63) is 28.6 Å². The Morgan fingerprint density at radius 3 is 3.00 bits per heavy atom. The molecule has 82 valence electrons. The van der Waals surface area contributed by atoms with Crippen LogP contribution in [0.1, 0.15) is 10.4 Å². The average Bonchev–Trinajstić information content (AvgIpc) is 2.83. The van der Waals surface area contributed by atoms with Crippen molar-refractivity contribution in [3.63, 3.8) is 0 Å². The third kappa shape index (κ3) is 2.01. The Bertz CT molecular complexity index is 516. The van der Waals surface area contributed by atoms with E-state index in [9.17, 15) is 9.59 Å². The molecule has 0 bridgehead atoms. The summed E-state index contributed by atoms with van der Waals surface area (Å²) in [5.41, 5.74) is 1.76. The van der Waals surface area contributed by atoms with Crippen LogP contribution in [0, 0.1) is 0 Å². The van der Waals surface area contributed by atoms with Gasteiger partial charge in [-0.1, -0.05) is 0 Å². The molecular formula is C10H8N2O3S. The monoisotopic (exact) mass is 236 g/mol. The topological polar surface area (TPSA) is 72.2 Å². The number of aliphatic carboxylic acids is 1. The van der Waals surface area contributed by atoms with Crippen molar-refractivity contribution in [2.45, 2.75) is 6.54 Å². The molecule has 0 saturated heterocycles. The van der Waals surface area contributed by atoms with Crippen molar-refractivity contribution >= 4 is 23.6 Å². The minimum absolute atomic E-state index is 0.245. The van der Waals surface area contributed by atoms with Crippen molar-refractivity contribution in [1.82, 2.24) is 9.78 Å². The molecule has 2 aromatic heterocycles. The molecule has 2 aromatic rings. The highest BCUT2D eigenvalue weighted by Gasteiger charge is 2.12. The number of aromatic nitrogens is 2. The molecule has 0 unspecified atom stereocenters. The van der Waals surface area contributed by atoms with Crippen LogP contribution in [0.25, 0.3) is 11.3 Å². The maximum Gasteiger partial charge on any atom is 0.325 e. The molecule has 0 radical (unpaired) electrons. The molecule has 0 aliphatic heterocycles. The fraction of sp³-hybridized carbons (Fsp3) is 0.100. The fourth-order valence-corrected chi connectivity index (χ4v) is 2.01. The average molecular weight is 236 g/mol. The Morgan fingerprint density at radius 1 is 1.62 bits per heavy atom. The van der Waals surface area contributed by atoms with E-state index in [2.05, 4.69) is 5.10 Å². The van der Waals surface area contributed by atoms with Crippen LogP contribution in [-0.2, 0) is 11.3 Å². The van der Waals surface area contributed by atoms with Crippen molar-refractivity contribution < 1.29 is 14.7 Å². The molecule has 0 saturated carbocycles. The lowest BCUT2D eigenvalue weighted by molar-refractivity contribution is -0.137. The molecule has 2 rings (SSSR count). The maximum atomic E-state index is 10.8. The van der Waals surface area contributed by atoms with E-state index in [4.69, 9.17) is 5.11 Å². The Kier molecular flexibility index (Phi) is 2.82. The first-order valence-electron chi connectivity index (χ1n) is 4.47. The van der Waals surface area contributed by atoms with Gasteiger partial charge in [0.1, 0.15) is 12.2 Å². The smallest absolute Gasteiger partial charge is 0.325 e. The molecule has 0 atom stereocenters. The zero-order chi connectivity index (χ0) is 11.5. The van der Waals surface area contributed by atoms with E-state index in [-0.39, 0.29) is 6.54 Å². The van der Waals surface area contributed by atoms with Crippen LogP contribution in [-0.4, -0.2) is 27.1 Å². The Labute approximate surface area is 94.9 Å². The molecule has 5 nitrogen and oxygen atoms in total. The summed E-state index contributed by atoms with van der Waals surface area (Å²) < 4.78 is 1.25. The summed E-state index contributed by atoms with van der Waals surface area (Å²) in [6.07, 6.45) is 2.12. The fourth-order valence-electron chi connectivity index (χ4n) is 1.37. The van der Waals surface area contributed by atoms with Crippen molar-refractivity contribution in [1.29, 1.82) is 0 Å². The van der Waals surface area contributed by atoms with E-state index in [0.717, 1.165) is 5.56 Å². The number of hydrogen-bond donors (Lipinski definition) is 1. The van der Waals surface area contributed by atoms with Gasteiger partial charge >= 0.3 is 5.97 Å². The highest BCUT2D eigenvalue weighted by atomic mass is 32.1. The van der Waals surface area contributed by atoms with Gasteiger partial charge in [-0.3, -0.25) is 14.3 Å². The lowest BCUT2D eigenvalue weighted by Crippen LogP contribution is -2.08. The van der Waals surface area contributed by atoms with Gasteiger partial charge in [-0.2, -0.15) is 16.4 Å². The number of carboxylic acids is 1. The Morgan fingerprint density at radius 2 is 2.44 bits per heavy atom. The van der Waals surface area contributed by atoms with Crippen LogP contribution in [0.3, 0.4) is 0 Å². The van der Waals surface area contributed by atoms with E-state index >= 15 is 0 Å². The summed E-state index contributed by atoms with van der Waals surface area (Å²) in [6, 6.07) is 1.84. The summed E-state index contributed by atoms with van der Waals surface area (Å²) in [7, 11) is 0. The molecule has 0 aromatic carbocycles. The molecular weight excluding hydrogens is 228 g/mol. The zero-order valence-corrected chi connectivity index (χ0v) is 8.98. The van der Waals surface area contributed by atoms with Crippen LogP contribution in [0.4, 0.5) is 0 Å². The second-order valence-corrected chi connectivity index (χ2v) is 3.93. The van der Waals surface area contributed by atoms with Crippen LogP contribution in [0.2, 0.25) is 0 Å². The van der Waals surface area contributed by atoms with E-state index in [1.807, 2.05) is 16.8 Å². The van der Waals surface area contributed by atoms with E-state index in [0.29, 0.717) is 17.5 Å². The van der Waals surface area contributed by atoms with Crippen molar-refractivity contribution in [2.75, 3.05) is 0 Å². The summed E-state index contributed by atoms with van der Waals surface area (Å²) in [6.45, 7) is -0.245. The summed E-state index contributed by atoms with van der Waals surface area (Å²) in [4.78, 5) is 21.3. The second kappa shape index (κ2) is 4.28. The number of rotatable bonds is 4. The van der Waals surface area contributed by atoms with Crippen LogP contribution in [0.15, 0.2) is 23.0 Å². The predicted molar refractivity (Wildman–Crippen MR) is 58.6 cm³/mol. The number of aldehydes is 1. The number of nitrogens with zero attached hydrogens (tertiary/aromatic N) is 2. The van der Waals surface area contributed by atoms with Gasteiger partial charge in [0.25, 0.3) is 0 Å². The van der Waals surface area contributed by atoms with Gasteiger partial charge < -0.3 is 5.11 Å². The lowest BCUT2D eigenvalue weighted by atomic mass is 10.2. The number of hydrogen-bond acceptors (Lipinski definition) is 4. The quantitative estimate of drug-likeness (QED) is 0.817. The molecule has 1 N–H and O–H groups in total. The number of carbonyl (C=O) groups is 2. The first kappa shape index (κ1) is 10.6. The van der Waals surface area contributed by atoms with Crippen molar-refractivity contribution in [2.24, 2.45) is 0 Å². The van der Waals surface area contributed by atoms with Gasteiger partial charge in [0, 0.05) is 17.1 Å². The minimum Gasteiger partial charge on any atom is -0.480 e. The predicted octanol–water partition coefficient (Wildman–Crippen LogP) is 1.51. The minimum atomic E-state index is -0.989. The normalized spacial score (nSPS) is 10.2. The lowest BCUT2D eigenvalue weighted by Gasteiger charge is -1.94. The molecule has 0 aliphatic rings. The van der Waals surface area contributed by atoms with Crippen LogP contribution >= 0.6 is 11.3 Å². The van der Waals surface area contributed by atoms with Crippen LogP contribution < -0.4 is 0 Å². The summed E-state index contributed by atoms with van der Waals surface area (Å²) in [5.74, 6) is -0.989. The second-order valence-electron chi connectivity index (χ2n) is 3.15. The van der Waals surface area contributed by atoms with Gasteiger partial charge in [0.15, 0.2) is 6.29 Å². The third-order valence-electron chi connectivity index (χ3n) is 2.01. The molecule has 0 amide bonds. The standard InChI is InChI=1S/C10H8N2O3S/c13-5-8-3-12(4-9(14)15)11-10(8)7-1-2-16-6-7/h1-3,5-6H,4H2,(H,14,15). The zero-order valence-electron chi connectivity index (χ0n) is 8.16. The third-order valence-corrected chi connectivity index (χ3v) is 2.69. The number of carbonyl (C=O) groups excluding carboxylic acids is 1. The highest BCUT2D eigenvalue weighted by Crippen LogP contribution is 2.23. The molecule has 0 aliphatic carbocycles. The summed E-state index contributed by atoms with van der Waals surface area (Å²) in [5, 5.41) is 16.4. The van der Waals surface area contributed by atoms with Gasteiger partial charge in [0.2, 0.25) is 0 Å². The van der Waals surface area contributed by atoms with E-state index < -0.39 is 5.97 Å².